The van der Waals surface area contributed by atoms with Gasteiger partial charge in [-0.25, -0.2) is 0 Å². The first-order chi connectivity index (χ1) is 36.2. The van der Waals surface area contributed by atoms with Gasteiger partial charge in [0.15, 0.2) is 0 Å². The zero-order chi connectivity index (χ0) is 47.2. The Bertz CT molecular complexity index is 4200. The highest BCUT2D eigenvalue weighted by atomic mass is 16.5. The van der Waals surface area contributed by atoms with Gasteiger partial charge >= 0.3 is 0 Å². The summed E-state index contributed by atoms with van der Waals surface area (Å²) in [4.78, 5) is 0. The summed E-state index contributed by atoms with van der Waals surface area (Å²) in [5, 5.41) is 34.3. The third-order valence-electron chi connectivity index (χ3n) is 20.9. The average Bonchev–Trinajstić information content (AvgIpc) is 3.46. The lowest BCUT2D eigenvalue weighted by atomic mass is 9.70. The summed E-state index contributed by atoms with van der Waals surface area (Å²) < 4.78 is 7.72. The minimum atomic E-state index is 0.637. The van der Waals surface area contributed by atoms with Crippen molar-refractivity contribution in [3.8, 4) is 11.5 Å². The third kappa shape index (κ3) is 5.40. The first kappa shape index (κ1) is 41.0. The number of benzene rings is 14. The molecule has 0 aliphatic heterocycles. The van der Waals surface area contributed by atoms with E-state index in [4.69, 9.17) is 4.74 Å². The van der Waals surface area contributed by atoms with Crippen LogP contribution in [0, 0.1) is 0 Å². The van der Waals surface area contributed by atoms with Crippen LogP contribution < -0.4 is 4.74 Å². The second kappa shape index (κ2) is 15.1. The molecule has 1 heteroatoms. The van der Waals surface area contributed by atoms with Crippen molar-refractivity contribution in [3.05, 3.63) is 131 Å². The molecule has 0 radical (unpaired) electrons. The summed E-state index contributed by atoms with van der Waals surface area (Å²) in [6.45, 7) is 0. The molecule has 0 spiro atoms. The van der Waals surface area contributed by atoms with Crippen molar-refractivity contribution in [1.29, 1.82) is 0 Å². The predicted octanol–water partition coefficient (Wildman–Crippen LogP) is 22.1. The molecule has 4 fully saturated rings. The molecule has 18 rings (SSSR count). The smallest absolute Gasteiger partial charge is 0.135 e. The largest absolute Gasteiger partial charge is 0.456 e. The van der Waals surface area contributed by atoms with Crippen molar-refractivity contribution >= 4 is 129 Å². The van der Waals surface area contributed by atoms with Crippen LogP contribution >= 0.6 is 0 Å². The van der Waals surface area contributed by atoms with Crippen molar-refractivity contribution in [3.63, 3.8) is 0 Å². The fourth-order valence-electron chi connectivity index (χ4n) is 18.0. The average molecular weight is 943 g/mol. The molecule has 1 nitrogen and oxygen atoms in total. The molecule has 0 saturated heterocycles. The maximum atomic E-state index is 7.72. The maximum Gasteiger partial charge on any atom is 0.135 e. The summed E-state index contributed by atoms with van der Waals surface area (Å²) in [5.41, 5.74) is 6.91. The van der Waals surface area contributed by atoms with E-state index in [0.29, 0.717) is 23.7 Å². The van der Waals surface area contributed by atoms with Crippen LogP contribution in [0.25, 0.3) is 129 Å². The quantitative estimate of drug-likeness (QED) is 0.119. The molecule has 0 aromatic heterocycles. The Balaban J connectivity index is 0.913. The van der Waals surface area contributed by atoms with Crippen LogP contribution in [0.3, 0.4) is 0 Å². The van der Waals surface area contributed by atoms with Crippen LogP contribution in [0.1, 0.15) is 174 Å². The lowest BCUT2D eigenvalue weighted by molar-refractivity contribution is 0.422. The Morgan fingerprint density at radius 3 is 0.726 bits per heavy atom. The topological polar surface area (TPSA) is 9.23 Å². The fourth-order valence-corrected chi connectivity index (χ4v) is 18.0. The molecule has 73 heavy (non-hydrogen) atoms. The molecule has 356 valence electrons. The van der Waals surface area contributed by atoms with Gasteiger partial charge in [-0.15, -0.1) is 0 Å². The van der Waals surface area contributed by atoms with Gasteiger partial charge in [-0.1, -0.05) is 162 Å². The molecule has 4 aliphatic carbocycles. The SMILES string of the molecule is c1cc2ccc3c(C4CCCCC4)c(C4CCCCC4)c4ccc5cc(Oc6cc7ccc8c(C9CCCCC9)c(C9CCCCC9)c9ccc%10ccc%11ccc6c6c%11c%10c9c8c76)c6ccc1c1c2c3c4c5c61. The second-order valence-electron chi connectivity index (χ2n) is 24.5. The Morgan fingerprint density at radius 1 is 0.219 bits per heavy atom. The van der Waals surface area contributed by atoms with E-state index in [1.54, 1.807) is 43.8 Å². The fraction of sp³-hybridized carbons (Fsp3) is 0.333. The monoisotopic (exact) mass is 942 g/mol. The zero-order valence-corrected chi connectivity index (χ0v) is 42.3. The van der Waals surface area contributed by atoms with Gasteiger partial charge in [-0.05, 0) is 229 Å². The van der Waals surface area contributed by atoms with Crippen LogP contribution in [-0.2, 0) is 0 Å². The number of rotatable bonds is 6. The highest BCUT2D eigenvalue weighted by molar-refractivity contribution is 6.47. The molecule has 0 amide bonds. The molecular formula is C72H62O. The van der Waals surface area contributed by atoms with E-state index in [1.165, 1.54) is 236 Å². The van der Waals surface area contributed by atoms with E-state index in [-0.39, 0.29) is 0 Å². The van der Waals surface area contributed by atoms with Gasteiger partial charge in [-0.3, -0.25) is 0 Å². The third-order valence-corrected chi connectivity index (χ3v) is 20.9. The van der Waals surface area contributed by atoms with Crippen molar-refractivity contribution in [2.24, 2.45) is 0 Å². The zero-order valence-electron chi connectivity index (χ0n) is 42.3. The predicted molar refractivity (Wildman–Crippen MR) is 313 cm³/mol. The Hall–Kier alpha value is -6.44. The van der Waals surface area contributed by atoms with E-state index in [0.717, 1.165) is 11.5 Å². The van der Waals surface area contributed by atoms with Gasteiger partial charge in [-0.2, -0.15) is 0 Å². The summed E-state index contributed by atoms with van der Waals surface area (Å²) in [6.07, 6.45) is 27.0. The first-order valence-electron chi connectivity index (χ1n) is 29.3. The van der Waals surface area contributed by atoms with Crippen LogP contribution in [0.4, 0.5) is 0 Å². The highest BCUT2D eigenvalue weighted by Gasteiger charge is 2.35. The number of hydrogen-bond acceptors (Lipinski definition) is 1. The summed E-state index contributed by atoms with van der Waals surface area (Å²) in [7, 11) is 0. The summed E-state index contributed by atoms with van der Waals surface area (Å²) in [6, 6.07) is 44.4. The molecule has 4 aliphatic rings. The molecule has 0 unspecified atom stereocenters. The van der Waals surface area contributed by atoms with Crippen LogP contribution in [0.5, 0.6) is 11.5 Å². The first-order valence-corrected chi connectivity index (χ1v) is 29.3. The van der Waals surface area contributed by atoms with Crippen molar-refractivity contribution in [2.75, 3.05) is 0 Å². The lowest BCUT2D eigenvalue weighted by Crippen LogP contribution is -2.14. The van der Waals surface area contributed by atoms with E-state index in [2.05, 4.69) is 109 Å². The normalized spacial score (nSPS) is 19.0. The Kier molecular flexibility index (Phi) is 8.47. The van der Waals surface area contributed by atoms with E-state index in [1.807, 2.05) is 0 Å². The van der Waals surface area contributed by atoms with Crippen LogP contribution in [0.15, 0.2) is 109 Å². The Morgan fingerprint density at radius 2 is 0.438 bits per heavy atom. The van der Waals surface area contributed by atoms with Gasteiger partial charge in [0, 0.05) is 21.5 Å². The molecule has 0 atom stereocenters. The van der Waals surface area contributed by atoms with E-state index in [9.17, 15) is 0 Å². The standard InChI is InChI=1S/C72H62O/c1-5-13-39(14-6-1)57-51-33-27-45-23-21-43-25-31-49-55(37-47-29-35-53(59(57)41-17-9-3-10-18-41)71-65(47)67(49)61(43)63(45)69(51)71)73-56-38-48-30-36-54-60(42-19-11-4-12-20-42)58(40-15-7-2-8-16-40)52-34-28-46-24-22-44-26-32-50(56)68-62(44)64(46)70(52)72(54)66(48)68/h21-42H,1-20H2. The highest BCUT2D eigenvalue weighted by Crippen LogP contribution is 2.59. The van der Waals surface area contributed by atoms with Crippen molar-refractivity contribution in [1.82, 2.24) is 0 Å². The molecule has 0 bridgehead atoms. The molecule has 0 N–H and O–H groups in total. The molecular weight excluding hydrogens is 881 g/mol. The van der Waals surface area contributed by atoms with Crippen molar-refractivity contribution < 1.29 is 4.74 Å². The molecule has 0 heterocycles. The maximum absolute atomic E-state index is 7.72. The second-order valence-corrected chi connectivity index (χ2v) is 24.5. The lowest BCUT2D eigenvalue weighted by Gasteiger charge is -2.34. The minimum Gasteiger partial charge on any atom is -0.456 e. The number of hydrogen-bond donors (Lipinski definition) is 0. The van der Waals surface area contributed by atoms with Crippen LogP contribution in [0.2, 0.25) is 0 Å². The van der Waals surface area contributed by atoms with E-state index < -0.39 is 0 Å². The van der Waals surface area contributed by atoms with E-state index >= 15 is 0 Å². The van der Waals surface area contributed by atoms with Gasteiger partial charge in [0.05, 0.1) is 0 Å². The molecule has 4 saturated carbocycles. The van der Waals surface area contributed by atoms with Gasteiger partial charge in [0.25, 0.3) is 0 Å². The van der Waals surface area contributed by atoms with Gasteiger partial charge in [0.2, 0.25) is 0 Å². The minimum absolute atomic E-state index is 0.637. The Labute approximate surface area is 426 Å². The molecule has 14 aromatic rings. The van der Waals surface area contributed by atoms with Gasteiger partial charge < -0.3 is 4.74 Å². The molecule has 14 aromatic carbocycles. The van der Waals surface area contributed by atoms with Crippen LogP contribution in [-0.4, -0.2) is 0 Å². The summed E-state index contributed by atoms with van der Waals surface area (Å²) in [5.74, 6) is 4.51. The van der Waals surface area contributed by atoms with Crippen molar-refractivity contribution in [2.45, 2.75) is 152 Å². The number of ether oxygens (including phenoxy) is 1. The van der Waals surface area contributed by atoms with Gasteiger partial charge in [0.1, 0.15) is 11.5 Å². The summed E-state index contributed by atoms with van der Waals surface area (Å²) >= 11 is 0.